The fourth-order valence-corrected chi connectivity index (χ4v) is 6.69. The van der Waals surface area contributed by atoms with E-state index in [1.165, 1.54) is 6.92 Å². The summed E-state index contributed by atoms with van der Waals surface area (Å²) in [6.45, 7) is 5.14. The average molecular weight is 631 g/mol. The van der Waals surface area contributed by atoms with E-state index < -0.39 is 33.1 Å². The SMILES string of the molecule is CCC(F)(F)CNC(=O)c1cc2c(cc1C)=CCC(C)N(CC1CCCC(C(=O)c3ccc(S(C)(F)(F)(F)F)cc3)C1)C=2. The summed E-state index contributed by atoms with van der Waals surface area (Å²) in [6, 6.07) is 7.19. The third-order valence-corrected chi connectivity index (χ3v) is 10.1. The van der Waals surface area contributed by atoms with E-state index in [1.54, 1.807) is 13.0 Å². The number of aryl methyl sites for hydroxylation is 1. The maximum atomic E-state index is 13.8. The monoisotopic (exact) mass is 630 g/mol. The fourth-order valence-electron chi connectivity index (χ4n) is 5.87. The predicted molar refractivity (Wildman–Crippen MR) is 160 cm³/mol. The lowest BCUT2D eigenvalue weighted by atomic mass is 9.77. The first kappa shape index (κ1) is 33.0. The largest absolute Gasteiger partial charge is 0.374 e. The average Bonchev–Trinajstić information content (AvgIpc) is 3.08. The molecular weight excluding hydrogens is 590 g/mol. The normalized spacial score (nSPS) is 22.7. The highest BCUT2D eigenvalue weighted by Gasteiger charge is 2.59. The van der Waals surface area contributed by atoms with Gasteiger partial charge in [0, 0.05) is 42.3 Å². The number of amides is 1. The van der Waals surface area contributed by atoms with Gasteiger partial charge >= 0.3 is 0 Å². The van der Waals surface area contributed by atoms with Crippen LogP contribution in [0, 0.1) is 18.8 Å². The lowest BCUT2D eigenvalue weighted by Crippen LogP contribution is -2.38. The number of halogens is 6. The number of hydrogen-bond acceptors (Lipinski definition) is 3. The number of carbonyl (C=O) groups excluding carboxylic acids is 2. The van der Waals surface area contributed by atoms with E-state index in [0.29, 0.717) is 42.6 Å². The summed E-state index contributed by atoms with van der Waals surface area (Å²) in [5, 5.41) is 4.11. The molecule has 3 atom stereocenters. The second-order valence-electron chi connectivity index (χ2n) is 12.4. The lowest BCUT2D eigenvalue weighted by Gasteiger charge is -2.46. The van der Waals surface area contributed by atoms with E-state index in [9.17, 15) is 33.9 Å². The second kappa shape index (κ2) is 11.2. The van der Waals surface area contributed by atoms with Crippen molar-refractivity contribution in [2.24, 2.45) is 11.8 Å². The van der Waals surface area contributed by atoms with Crippen LogP contribution < -0.4 is 15.8 Å². The van der Waals surface area contributed by atoms with Crippen molar-refractivity contribution in [2.75, 3.05) is 19.3 Å². The zero-order chi connectivity index (χ0) is 31.9. The Kier molecular flexibility index (Phi) is 8.58. The van der Waals surface area contributed by atoms with Gasteiger partial charge in [-0.25, -0.2) is 8.78 Å². The quantitative estimate of drug-likeness (QED) is 0.231. The Morgan fingerprint density at radius 3 is 2.35 bits per heavy atom. The predicted octanol–water partition coefficient (Wildman–Crippen LogP) is 7.47. The van der Waals surface area contributed by atoms with Gasteiger partial charge in [-0.15, -0.1) is 15.5 Å². The standard InChI is InChI=1S/C32H40F6N2O2S/c1-5-32(33,34)20-39-31(42)29-17-27-19-40(22(3)9-10-25(27)15-21(29)2)18-23-7-6-8-26(16-23)30(41)24-11-13-28(14-12-24)43(4,35,36,37)38/h10-15,17,19,22-23,26H,5-9,16,18,20H2,1-4H3,(H,39,42). The number of alkyl halides is 2. The first-order chi connectivity index (χ1) is 19.8. The van der Waals surface area contributed by atoms with E-state index in [1.807, 2.05) is 12.3 Å². The molecule has 0 aromatic heterocycles. The zero-order valence-electron chi connectivity index (χ0n) is 24.9. The second-order valence-corrected chi connectivity index (χ2v) is 15.8. The molecule has 2 aromatic rings. The van der Waals surface area contributed by atoms with Crippen molar-refractivity contribution in [3.05, 3.63) is 63.5 Å². The van der Waals surface area contributed by atoms with Crippen LogP contribution in [0.25, 0.3) is 12.3 Å². The van der Waals surface area contributed by atoms with Crippen LogP contribution in [0.2, 0.25) is 0 Å². The number of rotatable bonds is 9. The van der Waals surface area contributed by atoms with E-state index in [4.69, 9.17) is 0 Å². The molecule has 4 rings (SSSR count). The molecular formula is C32H40F6N2O2S. The number of benzene rings is 2. The molecule has 4 nitrogen and oxygen atoms in total. The van der Waals surface area contributed by atoms with E-state index >= 15 is 0 Å². The van der Waals surface area contributed by atoms with Gasteiger partial charge in [0.25, 0.3) is 11.8 Å². The van der Waals surface area contributed by atoms with Crippen LogP contribution in [-0.2, 0) is 0 Å². The first-order valence-electron chi connectivity index (χ1n) is 14.6. The molecule has 0 bridgehead atoms. The zero-order valence-corrected chi connectivity index (χ0v) is 25.8. The Labute approximate surface area is 248 Å². The van der Waals surface area contributed by atoms with Gasteiger partial charge in [0.15, 0.2) is 15.6 Å². The fraction of sp³-hybridized carbons (Fsp3) is 0.500. The summed E-state index contributed by atoms with van der Waals surface area (Å²) in [6.07, 6.45) is 7.02. The Balaban J connectivity index is 1.50. The molecule has 1 N–H and O–H groups in total. The molecule has 43 heavy (non-hydrogen) atoms. The van der Waals surface area contributed by atoms with Gasteiger partial charge in [0.1, 0.15) is 0 Å². The Morgan fingerprint density at radius 1 is 1.05 bits per heavy atom. The Bertz CT molecular complexity index is 1510. The molecule has 0 radical (unpaired) electrons. The minimum absolute atomic E-state index is 0.122. The molecule has 1 fully saturated rings. The summed E-state index contributed by atoms with van der Waals surface area (Å²) < 4.78 is 82.5. The van der Waals surface area contributed by atoms with Gasteiger partial charge in [0.05, 0.1) is 17.7 Å². The molecule has 1 heterocycles. The van der Waals surface area contributed by atoms with Crippen LogP contribution in [0.3, 0.4) is 0 Å². The van der Waals surface area contributed by atoms with Crippen LogP contribution >= 0.6 is 9.84 Å². The number of carbonyl (C=O) groups is 2. The van der Waals surface area contributed by atoms with Gasteiger partial charge < -0.3 is 10.2 Å². The molecule has 2 aromatic carbocycles. The minimum atomic E-state index is -8.32. The molecule has 11 heteroatoms. The molecule has 1 saturated carbocycles. The summed E-state index contributed by atoms with van der Waals surface area (Å²) in [4.78, 5) is 26.9. The number of nitrogens with one attached hydrogen (secondary N) is 1. The Hall–Kier alpha value is -2.95. The van der Waals surface area contributed by atoms with Gasteiger partial charge in [-0.3, -0.25) is 9.59 Å². The van der Waals surface area contributed by atoms with Crippen molar-refractivity contribution in [2.45, 2.75) is 76.2 Å². The molecule has 0 saturated heterocycles. The summed E-state index contributed by atoms with van der Waals surface area (Å²) in [5.74, 6) is -3.96. The smallest absolute Gasteiger partial charge is 0.264 e. The minimum Gasteiger partial charge on any atom is -0.374 e. The molecule has 1 amide bonds. The topological polar surface area (TPSA) is 49.4 Å². The van der Waals surface area contributed by atoms with Gasteiger partial charge in [-0.2, -0.15) is 0 Å². The number of ketones is 1. The Morgan fingerprint density at radius 2 is 1.72 bits per heavy atom. The summed E-state index contributed by atoms with van der Waals surface area (Å²) in [5.41, 5.74) is 1.17. The van der Waals surface area contributed by atoms with Crippen LogP contribution in [0.5, 0.6) is 0 Å². The maximum absolute atomic E-state index is 13.8. The molecule has 2 aliphatic rings. The van der Waals surface area contributed by atoms with Crippen molar-refractivity contribution in [3.63, 3.8) is 0 Å². The molecule has 238 valence electrons. The third-order valence-electron chi connectivity index (χ3n) is 8.60. The number of Topliss-reactive ketones (excluding diaryl/α,β-unsaturated/α-hetero) is 1. The lowest BCUT2D eigenvalue weighted by molar-refractivity contribution is -0.00103. The van der Waals surface area contributed by atoms with Crippen molar-refractivity contribution in [1.82, 2.24) is 10.2 Å². The number of nitrogens with zero attached hydrogens (tertiary/aromatic N) is 1. The molecule has 3 unspecified atom stereocenters. The highest BCUT2D eigenvalue weighted by Crippen LogP contribution is 2.98. The van der Waals surface area contributed by atoms with Gasteiger partial charge in [0.2, 0.25) is 0 Å². The number of hydrogen-bond donors (Lipinski definition) is 1. The van der Waals surface area contributed by atoms with Gasteiger partial charge in [-0.1, -0.05) is 37.6 Å². The first-order valence-corrected chi connectivity index (χ1v) is 17.1. The van der Waals surface area contributed by atoms with E-state index in [0.717, 1.165) is 41.8 Å². The van der Waals surface area contributed by atoms with Crippen LogP contribution in [0.4, 0.5) is 24.3 Å². The van der Waals surface area contributed by atoms with Crippen molar-refractivity contribution >= 4 is 33.8 Å². The summed E-state index contributed by atoms with van der Waals surface area (Å²) in [7, 11) is -8.32. The van der Waals surface area contributed by atoms with E-state index in [-0.39, 0.29) is 41.9 Å². The van der Waals surface area contributed by atoms with Crippen molar-refractivity contribution in [1.29, 1.82) is 0 Å². The van der Waals surface area contributed by atoms with Gasteiger partial charge in [-0.05, 0) is 79.6 Å². The third kappa shape index (κ3) is 8.16. The highest BCUT2D eigenvalue weighted by atomic mass is 32.5. The van der Waals surface area contributed by atoms with Crippen LogP contribution in [0.15, 0.2) is 41.3 Å². The van der Waals surface area contributed by atoms with Crippen molar-refractivity contribution < 1.29 is 33.9 Å². The van der Waals surface area contributed by atoms with Crippen molar-refractivity contribution in [3.8, 4) is 0 Å². The highest BCUT2D eigenvalue weighted by molar-refractivity contribution is 8.49. The summed E-state index contributed by atoms with van der Waals surface area (Å²) >= 11 is 0. The molecule has 1 aliphatic heterocycles. The molecule has 1 aliphatic carbocycles. The van der Waals surface area contributed by atoms with Crippen LogP contribution in [-0.4, -0.2) is 47.9 Å². The maximum Gasteiger partial charge on any atom is 0.264 e. The number of fused-ring (bicyclic) bond motifs is 1. The van der Waals surface area contributed by atoms with Crippen LogP contribution in [0.1, 0.15) is 78.7 Å². The van der Waals surface area contributed by atoms with E-state index in [2.05, 4.69) is 23.2 Å². The molecule has 0 spiro atoms.